The summed E-state index contributed by atoms with van der Waals surface area (Å²) in [6.45, 7) is 0.241. The number of carbonyl (C=O) groups is 2. The summed E-state index contributed by atoms with van der Waals surface area (Å²) >= 11 is 0. The van der Waals surface area contributed by atoms with Crippen LogP contribution in [0.15, 0.2) is 66.4 Å². The third kappa shape index (κ3) is 4.80. The zero-order valence-electron chi connectivity index (χ0n) is 19.0. The van der Waals surface area contributed by atoms with E-state index in [0.717, 1.165) is 5.56 Å². The van der Waals surface area contributed by atoms with Crippen molar-refractivity contribution in [2.45, 2.75) is 6.54 Å². The molecule has 2 N–H and O–H groups in total. The van der Waals surface area contributed by atoms with E-state index in [2.05, 4.69) is 10.6 Å². The minimum absolute atomic E-state index is 0.124. The summed E-state index contributed by atoms with van der Waals surface area (Å²) in [5.74, 6) is 1.76. The topological polar surface area (TPSA) is 95.1 Å². The molecule has 8 heteroatoms. The molecule has 0 radical (unpaired) electrons. The lowest BCUT2D eigenvalue weighted by atomic mass is 10.1. The first-order chi connectivity index (χ1) is 16.5. The van der Waals surface area contributed by atoms with E-state index in [1.54, 1.807) is 69.9 Å². The van der Waals surface area contributed by atoms with Gasteiger partial charge in [-0.25, -0.2) is 0 Å². The largest absolute Gasteiger partial charge is 0.497 e. The van der Waals surface area contributed by atoms with Crippen LogP contribution in [0.4, 0.5) is 5.69 Å². The van der Waals surface area contributed by atoms with Gasteiger partial charge in [0.2, 0.25) is 0 Å². The van der Waals surface area contributed by atoms with Crippen molar-refractivity contribution in [3.8, 4) is 23.0 Å². The van der Waals surface area contributed by atoms with Crippen molar-refractivity contribution in [1.29, 1.82) is 0 Å². The van der Waals surface area contributed by atoms with E-state index < -0.39 is 5.91 Å². The summed E-state index contributed by atoms with van der Waals surface area (Å²) in [7, 11) is 4.70. The van der Waals surface area contributed by atoms with Gasteiger partial charge in [0.25, 0.3) is 11.8 Å². The molecule has 8 nitrogen and oxygen atoms in total. The number of hydrogen-bond acceptors (Lipinski definition) is 6. The summed E-state index contributed by atoms with van der Waals surface area (Å²) in [4.78, 5) is 25.4. The third-order valence-electron chi connectivity index (χ3n) is 5.29. The Morgan fingerprint density at radius 1 is 0.971 bits per heavy atom. The van der Waals surface area contributed by atoms with Crippen LogP contribution in [0.2, 0.25) is 0 Å². The van der Waals surface area contributed by atoms with Gasteiger partial charge >= 0.3 is 0 Å². The van der Waals surface area contributed by atoms with E-state index >= 15 is 0 Å². The first-order valence-electron chi connectivity index (χ1n) is 10.5. The molecule has 34 heavy (non-hydrogen) atoms. The quantitative estimate of drug-likeness (QED) is 0.518. The van der Waals surface area contributed by atoms with E-state index in [4.69, 9.17) is 18.9 Å². The van der Waals surface area contributed by atoms with Gasteiger partial charge in [0, 0.05) is 23.2 Å². The predicted octanol–water partition coefficient (Wildman–Crippen LogP) is 4.01. The van der Waals surface area contributed by atoms with Crippen LogP contribution in [-0.4, -0.2) is 33.1 Å². The van der Waals surface area contributed by atoms with E-state index in [0.29, 0.717) is 39.8 Å². The fourth-order valence-corrected chi connectivity index (χ4v) is 3.53. The van der Waals surface area contributed by atoms with Gasteiger partial charge in [-0.05, 0) is 48.5 Å². The second kappa shape index (κ2) is 9.99. The Morgan fingerprint density at radius 3 is 2.53 bits per heavy atom. The van der Waals surface area contributed by atoms with E-state index in [1.807, 2.05) is 18.2 Å². The zero-order chi connectivity index (χ0) is 24.1. The highest BCUT2D eigenvalue weighted by molar-refractivity contribution is 6.09. The molecular formula is C26H24N2O6. The van der Waals surface area contributed by atoms with Crippen molar-refractivity contribution < 1.29 is 28.5 Å². The molecule has 0 saturated carbocycles. The Morgan fingerprint density at radius 2 is 1.76 bits per heavy atom. The number of nitrogens with one attached hydrogen (secondary N) is 2. The lowest BCUT2D eigenvalue weighted by molar-refractivity contribution is -0.115. The minimum Gasteiger partial charge on any atom is -0.497 e. The molecule has 2 amide bonds. The molecule has 1 aliphatic rings. The number of amides is 2. The van der Waals surface area contributed by atoms with Crippen LogP contribution in [-0.2, 0) is 11.3 Å². The van der Waals surface area contributed by atoms with Gasteiger partial charge in [0.05, 0.1) is 27.0 Å². The second-order valence-corrected chi connectivity index (χ2v) is 7.38. The normalized spacial score (nSPS) is 13.4. The van der Waals surface area contributed by atoms with E-state index in [9.17, 15) is 9.59 Å². The first-order valence-corrected chi connectivity index (χ1v) is 10.5. The van der Waals surface area contributed by atoms with Crippen LogP contribution in [0.5, 0.6) is 23.0 Å². The molecule has 1 heterocycles. The molecule has 0 fully saturated rings. The fraction of sp³-hybridized carbons (Fsp3) is 0.154. The number of anilines is 1. The number of rotatable bonds is 7. The molecule has 174 valence electrons. The summed E-state index contributed by atoms with van der Waals surface area (Å²) in [6.07, 6.45) is 1.61. The van der Waals surface area contributed by atoms with Gasteiger partial charge < -0.3 is 29.6 Å². The van der Waals surface area contributed by atoms with Crippen molar-refractivity contribution in [1.82, 2.24) is 5.32 Å². The van der Waals surface area contributed by atoms with Gasteiger partial charge in [0.15, 0.2) is 11.5 Å². The number of methoxy groups -OCH3 is 3. The average Bonchev–Trinajstić information content (AvgIpc) is 2.87. The van der Waals surface area contributed by atoms with Gasteiger partial charge in [-0.3, -0.25) is 9.59 Å². The van der Waals surface area contributed by atoms with Crippen LogP contribution < -0.4 is 29.6 Å². The Labute approximate surface area is 197 Å². The lowest BCUT2D eigenvalue weighted by Crippen LogP contribution is -2.26. The van der Waals surface area contributed by atoms with E-state index in [-0.39, 0.29) is 18.2 Å². The molecular weight excluding hydrogens is 436 g/mol. The summed E-state index contributed by atoms with van der Waals surface area (Å²) in [6, 6.07) is 17.5. The predicted molar refractivity (Wildman–Crippen MR) is 127 cm³/mol. The summed E-state index contributed by atoms with van der Waals surface area (Å²) in [5.41, 5.74) is 2.27. The molecule has 0 unspecified atom stereocenters. The van der Waals surface area contributed by atoms with Crippen molar-refractivity contribution in [3.63, 3.8) is 0 Å². The van der Waals surface area contributed by atoms with Crippen molar-refractivity contribution >= 4 is 23.6 Å². The number of hydrogen-bond donors (Lipinski definition) is 2. The Bertz CT molecular complexity index is 1270. The number of carbonyl (C=O) groups excluding carboxylic acids is 2. The summed E-state index contributed by atoms with van der Waals surface area (Å²) in [5, 5.41) is 5.64. The van der Waals surface area contributed by atoms with E-state index in [1.165, 1.54) is 0 Å². The minimum atomic E-state index is -0.419. The van der Waals surface area contributed by atoms with Crippen LogP contribution in [0.1, 0.15) is 21.5 Å². The number of fused-ring (bicyclic) bond motifs is 1. The molecule has 0 bridgehead atoms. The molecule has 0 spiro atoms. The monoisotopic (exact) mass is 460 g/mol. The highest BCUT2D eigenvalue weighted by Gasteiger charge is 2.23. The van der Waals surface area contributed by atoms with Crippen molar-refractivity contribution in [2.24, 2.45) is 0 Å². The highest BCUT2D eigenvalue weighted by Crippen LogP contribution is 2.33. The SMILES string of the molecule is COc1ccc(OC)c(CNC(=O)c2ccc3c(c2)NC(=O)/C(=C/c2ccccc2OC)O3)c1. The second-order valence-electron chi connectivity index (χ2n) is 7.38. The molecule has 1 aliphatic heterocycles. The molecule has 3 aromatic rings. The molecule has 0 aromatic heterocycles. The maximum Gasteiger partial charge on any atom is 0.291 e. The summed E-state index contributed by atoms with van der Waals surface area (Å²) < 4.78 is 21.7. The number of para-hydroxylation sites is 1. The van der Waals surface area contributed by atoms with Gasteiger partial charge in [-0.1, -0.05) is 18.2 Å². The number of benzene rings is 3. The molecule has 0 saturated heterocycles. The standard InChI is InChI=1S/C26H24N2O6/c1-31-19-9-11-22(33-3)18(12-19)15-27-25(29)17-8-10-23-20(13-17)28-26(30)24(34-23)14-16-6-4-5-7-21(16)32-2/h4-14H,15H2,1-3H3,(H,27,29)(H,28,30)/b24-14-. The Balaban J connectivity index is 1.50. The lowest BCUT2D eigenvalue weighted by Gasteiger charge is -2.21. The highest BCUT2D eigenvalue weighted by atomic mass is 16.5. The average molecular weight is 460 g/mol. The van der Waals surface area contributed by atoms with Gasteiger partial charge in [0.1, 0.15) is 17.2 Å². The van der Waals surface area contributed by atoms with Gasteiger partial charge in [-0.15, -0.1) is 0 Å². The molecule has 3 aromatic carbocycles. The van der Waals surface area contributed by atoms with Crippen LogP contribution in [0.25, 0.3) is 6.08 Å². The maximum absolute atomic E-state index is 12.8. The fourth-order valence-electron chi connectivity index (χ4n) is 3.53. The third-order valence-corrected chi connectivity index (χ3v) is 5.29. The number of ether oxygens (including phenoxy) is 4. The van der Waals surface area contributed by atoms with Crippen LogP contribution in [0, 0.1) is 0 Å². The zero-order valence-corrected chi connectivity index (χ0v) is 19.0. The van der Waals surface area contributed by atoms with Gasteiger partial charge in [-0.2, -0.15) is 0 Å². The first kappa shape index (κ1) is 22.7. The molecule has 0 aliphatic carbocycles. The Hall–Kier alpha value is -4.46. The smallest absolute Gasteiger partial charge is 0.291 e. The molecule has 4 rings (SSSR count). The van der Waals surface area contributed by atoms with Crippen molar-refractivity contribution in [3.05, 3.63) is 83.1 Å². The molecule has 0 atom stereocenters. The maximum atomic E-state index is 12.8. The Kier molecular flexibility index (Phi) is 6.68. The van der Waals surface area contributed by atoms with Crippen molar-refractivity contribution in [2.75, 3.05) is 26.6 Å². The van der Waals surface area contributed by atoms with Crippen LogP contribution in [0.3, 0.4) is 0 Å². The van der Waals surface area contributed by atoms with Crippen LogP contribution >= 0.6 is 0 Å².